The van der Waals surface area contributed by atoms with E-state index in [1.165, 1.54) is 12.1 Å². The highest BCUT2D eigenvalue weighted by atomic mass is 35.5. The van der Waals surface area contributed by atoms with Gasteiger partial charge in [0.2, 0.25) is 0 Å². The number of aliphatic hydroxyl groups is 1. The summed E-state index contributed by atoms with van der Waals surface area (Å²) in [5.41, 5.74) is 1.97. The van der Waals surface area contributed by atoms with Gasteiger partial charge in [-0.05, 0) is 36.0 Å². The smallest absolute Gasteiger partial charge is 0.0696 e. The molecule has 17 heavy (non-hydrogen) atoms. The van der Waals surface area contributed by atoms with Gasteiger partial charge in [-0.3, -0.25) is 0 Å². The lowest BCUT2D eigenvalue weighted by Gasteiger charge is -2.37. The number of anilines is 1. The molecule has 0 spiro atoms. The minimum Gasteiger partial charge on any atom is -0.392 e. The van der Waals surface area contributed by atoms with Crippen LogP contribution in [0.25, 0.3) is 0 Å². The third kappa shape index (κ3) is 2.75. The van der Waals surface area contributed by atoms with E-state index in [1.807, 2.05) is 12.1 Å². The standard InChI is InChI=1S/C14H20ClNO/c1-10-5-6-16(8-11(10)2)13-4-3-12(9-17)14(15)7-13/h3-4,7,10-11,17H,5-6,8-9H2,1-2H3. The Balaban J connectivity index is 2.15. The highest BCUT2D eigenvalue weighted by molar-refractivity contribution is 6.31. The maximum absolute atomic E-state index is 9.10. The molecular weight excluding hydrogens is 234 g/mol. The molecule has 1 aliphatic rings. The maximum Gasteiger partial charge on any atom is 0.0696 e. The molecule has 0 radical (unpaired) electrons. The Morgan fingerprint density at radius 1 is 1.35 bits per heavy atom. The van der Waals surface area contributed by atoms with Gasteiger partial charge in [-0.15, -0.1) is 0 Å². The highest BCUT2D eigenvalue weighted by Crippen LogP contribution is 2.29. The molecule has 2 rings (SSSR count). The molecule has 94 valence electrons. The first-order valence-electron chi connectivity index (χ1n) is 6.26. The molecule has 1 heterocycles. The summed E-state index contributed by atoms with van der Waals surface area (Å²) in [7, 11) is 0. The third-order valence-electron chi connectivity index (χ3n) is 3.91. The highest BCUT2D eigenvalue weighted by Gasteiger charge is 2.22. The van der Waals surface area contributed by atoms with Gasteiger partial charge in [-0.1, -0.05) is 31.5 Å². The van der Waals surface area contributed by atoms with Crippen molar-refractivity contribution in [3.63, 3.8) is 0 Å². The summed E-state index contributed by atoms with van der Waals surface area (Å²) < 4.78 is 0. The zero-order chi connectivity index (χ0) is 12.4. The molecule has 2 unspecified atom stereocenters. The summed E-state index contributed by atoms with van der Waals surface area (Å²) in [5.74, 6) is 1.53. The average Bonchev–Trinajstić information content (AvgIpc) is 2.32. The lowest BCUT2D eigenvalue weighted by atomic mass is 9.88. The summed E-state index contributed by atoms with van der Waals surface area (Å²) in [6, 6.07) is 5.94. The summed E-state index contributed by atoms with van der Waals surface area (Å²) in [5, 5.41) is 9.76. The number of rotatable bonds is 2. The van der Waals surface area contributed by atoms with Crippen LogP contribution in [0.1, 0.15) is 25.8 Å². The Morgan fingerprint density at radius 2 is 2.12 bits per heavy atom. The SMILES string of the molecule is CC1CCN(c2ccc(CO)c(Cl)c2)CC1C. The van der Waals surface area contributed by atoms with Crippen LogP contribution in [0.4, 0.5) is 5.69 Å². The largest absolute Gasteiger partial charge is 0.392 e. The Kier molecular flexibility index (Phi) is 3.95. The number of halogens is 1. The van der Waals surface area contributed by atoms with Gasteiger partial charge in [0.1, 0.15) is 0 Å². The van der Waals surface area contributed by atoms with Crippen LogP contribution < -0.4 is 4.90 Å². The van der Waals surface area contributed by atoms with Crippen LogP contribution in [0.15, 0.2) is 18.2 Å². The van der Waals surface area contributed by atoms with Gasteiger partial charge in [-0.25, -0.2) is 0 Å². The van der Waals surface area contributed by atoms with Gasteiger partial charge in [0, 0.05) is 23.8 Å². The van der Waals surface area contributed by atoms with Gasteiger partial charge in [0.15, 0.2) is 0 Å². The van der Waals surface area contributed by atoms with E-state index in [4.69, 9.17) is 16.7 Å². The number of hydrogen-bond donors (Lipinski definition) is 1. The molecule has 2 atom stereocenters. The van der Waals surface area contributed by atoms with Gasteiger partial charge in [0.05, 0.1) is 6.61 Å². The quantitative estimate of drug-likeness (QED) is 0.874. The van der Waals surface area contributed by atoms with Crippen molar-refractivity contribution in [2.45, 2.75) is 26.9 Å². The number of aliphatic hydroxyl groups excluding tert-OH is 1. The maximum atomic E-state index is 9.10. The van der Waals surface area contributed by atoms with Crippen molar-refractivity contribution in [2.24, 2.45) is 11.8 Å². The molecule has 3 heteroatoms. The van der Waals surface area contributed by atoms with Gasteiger partial charge in [0.25, 0.3) is 0 Å². The third-order valence-corrected chi connectivity index (χ3v) is 4.26. The summed E-state index contributed by atoms with van der Waals surface area (Å²) >= 11 is 6.13. The second-order valence-corrected chi connectivity index (χ2v) is 5.53. The molecule has 0 aliphatic carbocycles. The Morgan fingerprint density at radius 3 is 2.71 bits per heavy atom. The zero-order valence-electron chi connectivity index (χ0n) is 10.5. The average molecular weight is 254 g/mol. The first-order chi connectivity index (χ1) is 8.11. The fraction of sp³-hybridized carbons (Fsp3) is 0.571. The van der Waals surface area contributed by atoms with Crippen LogP contribution in [0.3, 0.4) is 0 Å². The molecule has 1 aromatic rings. The van der Waals surface area contributed by atoms with E-state index >= 15 is 0 Å². The van der Waals surface area contributed by atoms with Crippen molar-refractivity contribution in [1.82, 2.24) is 0 Å². The van der Waals surface area contributed by atoms with Gasteiger partial charge >= 0.3 is 0 Å². The van der Waals surface area contributed by atoms with E-state index in [0.717, 1.165) is 30.5 Å². The molecule has 1 saturated heterocycles. The number of benzene rings is 1. The van der Waals surface area contributed by atoms with Crippen molar-refractivity contribution < 1.29 is 5.11 Å². The van der Waals surface area contributed by atoms with Gasteiger partial charge < -0.3 is 10.0 Å². The normalized spacial score (nSPS) is 25.1. The summed E-state index contributed by atoms with van der Waals surface area (Å²) in [6.45, 7) is 6.83. The minimum atomic E-state index is 0.00650. The lowest BCUT2D eigenvalue weighted by molar-refractivity contribution is 0.282. The molecule has 0 bridgehead atoms. The van der Waals surface area contributed by atoms with E-state index in [0.29, 0.717) is 5.02 Å². The molecule has 0 aromatic heterocycles. The zero-order valence-corrected chi connectivity index (χ0v) is 11.2. The lowest BCUT2D eigenvalue weighted by Crippen LogP contribution is -2.38. The number of nitrogens with zero attached hydrogens (tertiary/aromatic N) is 1. The minimum absolute atomic E-state index is 0.00650. The molecule has 1 fully saturated rings. The van der Waals surface area contributed by atoms with E-state index in [9.17, 15) is 0 Å². The first-order valence-corrected chi connectivity index (χ1v) is 6.64. The van der Waals surface area contributed by atoms with Gasteiger partial charge in [-0.2, -0.15) is 0 Å². The molecule has 1 aliphatic heterocycles. The van der Waals surface area contributed by atoms with Crippen molar-refractivity contribution in [3.05, 3.63) is 28.8 Å². The van der Waals surface area contributed by atoms with Crippen LogP contribution in [0.5, 0.6) is 0 Å². The molecule has 0 saturated carbocycles. The molecule has 1 N–H and O–H groups in total. The fourth-order valence-electron chi connectivity index (χ4n) is 2.36. The fourth-order valence-corrected chi connectivity index (χ4v) is 2.59. The summed E-state index contributed by atoms with van der Waals surface area (Å²) in [4.78, 5) is 2.39. The van der Waals surface area contributed by atoms with Crippen molar-refractivity contribution in [1.29, 1.82) is 0 Å². The van der Waals surface area contributed by atoms with Crippen LogP contribution in [0, 0.1) is 11.8 Å². The number of hydrogen-bond acceptors (Lipinski definition) is 2. The Bertz CT molecular complexity index is 394. The van der Waals surface area contributed by atoms with Crippen LogP contribution in [0.2, 0.25) is 5.02 Å². The monoisotopic (exact) mass is 253 g/mol. The predicted molar refractivity (Wildman–Crippen MR) is 72.5 cm³/mol. The summed E-state index contributed by atoms with van der Waals surface area (Å²) in [6.07, 6.45) is 1.24. The van der Waals surface area contributed by atoms with Crippen LogP contribution in [-0.4, -0.2) is 18.2 Å². The van der Waals surface area contributed by atoms with Crippen LogP contribution >= 0.6 is 11.6 Å². The topological polar surface area (TPSA) is 23.5 Å². The van der Waals surface area contributed by atoms with Crippen molar-refractivity contribution >= 4 is 17.3 Å². The first kappa shape index (κ1) is 12.7. The van der Waals surface area contributed by atoms with Crippen LogP contribution in [-0.2, 0) is 6.61 Å². The van der Waals surface area contributed by atoms with Crippen molar-refractivity contribution in [2.75, 3.05) is 18.0 Å². The molecule has 1 aromatic carbocycles. The van der Waals surface area contributed by atoms with Crippen molar-refractivity contribution in [3.8, 4) is 0 Å². The Hall–Kier alpha value is -0.730. The van der Waals surface area contributed by atoms with E-state index in [-0.39, 0.29) is 6.61 Å². The number of piperidine rings is 1. The Labute approximate surface area is 108 Å². The molecular formula is C14H20ClNO. The molecule has 2 nitrogen and oxygen atoms in total. The van der Waals surface area contributed by atoms with E-state index in [1.54, 1.807) is 0 Å². The second kappa shape index (κ2) is 5.28. The van der Waals surface area contributed by atoms with E-state index < -0.39 is 0 Å². The second-order valence-electron chi connectivity index (χ2n) is 5.12. The molecule has 0 amide bonds. The van der Waals surface area contributed by atoms with E-state index in [2.05, 4.69) is 24.8 Å². The predicted octanol–water partition coefficient (Wildman–Crippen LogP) is 3.31.